The lowest BCUT2D eigenvalue weighted by molar-refractivity contribution is -0.132. The number of amides is 1. The van der Waals surface area contributed by atoms with Crippen LogP contribution in [0.4, 0.5) is 8.78 Å². The molecule has 0 bridgehead atoms. The lowest BCUT2D eigenvalue weighted by Gasteiger charge is -2.24. The molecule has 1 aromatic heterocycles. The standard InChI is InChI=1S/C18H15F2N5OS/c19-13-7-5-12(6-8-13)17-21-23-25(22-17)11-16(26)24-9-10-27-18(24)14-3-1-2-4-15(14)20/h1-8,18H,9-11H2/t18-/m1/s1. The van der Waals surface area contributed by atoms with Crippen LogP contribution in [0.5, 0.6) is 0 Å². The monoisotopic (exact) mass is 387 g/mol. The van der Waals surface area contributed by atoms with Crippen LogP contribution in [0.2, 0.25) is 0 Å². The van der Waals surface area contributed by atoms with E-state index < -0.39 is 0 Å². The molecular weight excluding hydrogens is 372 g/mol. The molecule has 1 atom stereocenters. The van der Waals surface area contributed by atoms with Gasteiger partial charge in [0.25, 0.3) is 0 Å². The number of aromatic nitrogens is 4. The van der Waals surface area contributed by atoms with Crippen LogP contribution in [0.3, 0.4) is 0 Å². The zero-order chi connectivity index (χ0) is 18.8. The SMILES string of the molecule is O=C(Cn1nnc(-c2ccc(F)cc2)n1)N1CCS[C@@H]1c1ccccc1F. The molecule has 0 unspecified atom stereocenters. The average Bonchev–Trinajstić information content (AvgIpc) is 3.32. The zero-order valence-corrected chi connectivity index (χ0v) is 14.9. The zero-order valence-electron chi connectivity index (χ0n) is 14.1. The Morgan fingerprint density at radius 3 is 2.70 bits per heavy atom. The van der Waals surface area contributed by atoms with Crippen molar-refractivity contribution < 1.29 is 13.6 Å². The number of benzene rings is 2. The number of carbonyl (C=O) groups is 1. The first-order valence-electron chi connectivity index (χ1n) is 8.31. The van der Waals surface area contributed by atoms with Crippen LogP contribution in [0.1, 0.15) is 10.9 Å². The van der Waals surface area contributed by atoms with Gasteiger partial charge in [-0.1, -0.05) is 18.2 Å². The molecule has 0 radical (unpaired) electrons. The van der Waals surface area contributed by atoms with Crippen molar-refractivity contribution in [1.82, 2.24) is 25.1 Å². The predicted molar refractivity (Wildman–Crippen MR) is 96.5 cm³/mol. The summed E-state index contributed by atoms with van der Waals surface area (Å²) in [7, 11) is 0. The van der Waals surface area contributed by atoms with Crippen LogP contribution in [-0.2, 0) is 11.3 Å². The third-order valence-electron chi connectivity index (χ3n) is 4.21. The Morgan fingerprint density at radius 1 is 1.15 bits per heavy atom. The highest BCUT2D eigenvalue weighted by molar-refractivity contribution is 7.99. The third-order valence-corrected chi connectivity index (χ3v) is 5.46. The molecule has 0 N–H and O–H groups in total. The summed E-state index contributed by atoms with van der Waals surface area (Å²) < 4.78 is 27.1. The first kappa shape index (κ1) is 17.6. The van der Waals surface area contributed by atoms with E-state index in [1.54, 1.807) is 35.2 Å². The van der Waals surface area contributed by atoms with Crippen LogP contribution in [0.25, 0.3) is 11.4 Å². The summed E-state index contributed by atoms with van der Waals surface area (Å²) in [6, 6.07) is 12.2. The number of nitrogens with zero attached hydrogens (tertiary/aromatic N) is 5. The van der Waals surface area contributed by atoms with E-state index in [-0.39, 0.29) is 29.5 Å². The molecule has 1 saturated heterocycles. The topological polar surface area (TPSA) is 63.9 Å². The fourth-order valence-corrected chi connectivity index (χ4v) is 4.19. The minimum absolute atomic E-state index is 0.0975. The van der Waals surface area contributed by atoms with E-state index in [1.807, 2.05) is 0 Å². The second-order valence-electron chi connectivity index (χ2n) is 5.98. The molecule has 0 saturated carbocycles. The Labute approximate surface area is 158 Å². The van der Waals surface area contributed by atoms with Gasteiger partial charge in [0, 0.05) is 23.4 Å². The van der Waals surface area contributed by atoms with Gasteiger partial charge in [0.05, 0.1) is 0 Å². The predicted octanol–water partition coefficient (Wildman–Crippen LogP) is 2.89. The number of halogens is 2. The molecule has 4 rings (SSSR count). The molecule has 3 aromatic rings. The lowest BCUT2D eigenvalue weighted by atomic mass is 10.2. The van der Waals surface area contributed by atoms with E-state index in [1.165, 1.54) is 34.8 Å². The quantitative estimate of drug-likeness (QED) is 0.689. The number of rotatable bonds is 4. The van der Waals surface area contributed by atoms with Gasteiger partial charge in [0.1, 0.15) is 23.6 Å². The summed E-state index contributed by atoms with van der Waals surface area (Å²) in [4.78, 5) is 15.5. The second kappa shape index (κ2) is 7.43. The van der Waals surface area contributed by atoms with Gasteiger partial charge in [-0.15, -0.1) is 22.0 Å². The van der Waals surface area contributed by atoms with Crippen LogP contribution in [-0.4, -0.2) is 43.3 Å². The molecule has 1 aliphatic heterocycles. The molecule has 27 heavy (non-hydrogen) atoms. The molecule has 2 aromatic carbocycles. The fraction of sp³-hybridized carbons (Fsp3) is 0.222. The van der Waals surface area contributed by atoms with Gasteiger partial charge in [-0.25, -0.2) is 8.78 Å². The first-order valence-corrected chi connectivity index (χ1v) is 9.36. The highest BCUT2D eigenvalue weighted by Gasteiger charge is 2.32. The largest absolute Gasteiger partial charge is 0.324 e. The molecule has 1 fully saturated rings. The van der Waals surface area contributed by atoms with Gasteiger partial charge < -0.3 is 4.90 Å². The van der Waals surface area contributed by atoms with Crippen molar-refractivity contribution in [1.29, 1.82) is 0 Å². The molecule has 0 spiro atoms. The van der Waals surface area contributed by atoms with Crippen LogP contribution >= 0.6 is 11.8 Å². The number of thioether (sulfide) groups is 1. The highest BCUT2D eigenvalue weighted by atomic mass is 32.2. The van der Waals surface area contributed by atoms with E-state index in [0.29, 0.717) is 23.5 Å². The van der Waals surface area contributed by atoms with E-state index >= 15 is 0 Å². The second-order valence-corrected chi connectivity index (χ2v) is 7.17. The number of tetrazole rings is 1. The van der Waals surface area contributed by atoms with Gasteiger partial charge in [-0.05, 0) is 35.5 Å². The van der Waals surface area contributed by atoms with E-state index in [4.69, 9.17) is 0 Å². The van der Waals surface area contributed by atoms with Crippen molar-refractivity contribution in [3.05, 3.63) is 65.7 Å². The summed E-state index contributed by atoms with van der Waals surface area (Å²) in [5.74, 6) is 0.149. The van der Waals surface area contributed by atoms with Crippen molar-refractivity contribution in [2.45, 2.75) is 11.9 Å². The van der Waals surface area contributed by atoms with Crippen LogP contribution in [0, 0.1) is 11.6 Å². The normalized spacial score (nSPS) is 16.7. The van der Waals surface area contributed by atoms with Crippen LogP contribution in [0.15, 0.2) is 48.5 Å². The molecule has 9 heteroatoms. The highest BCUT2D eigenvalue weighted by Crippen LogP contribution is 2.38. The molecular formula is C18H15F2N5OS. The van der Waals surface area contributed by atoms with Crippen molar-refractivity contribution in [3.63, 3.8) is 0 Å². The maximum Gasteiger partial charge on any atom is 0.247 e. The van der Waals surface area contributed by atoms with Gasteiger partial charge in [-0.2, -0.15) is 4.80 Å². The fourth-order valence-electron chi connectivity index (χ4n) is 2.89. The summed E-state index contributed by atoms with van der Waals surface area (Å²) in [5, 5.41) is 11.6. The maximum atomic E-state index is 14.1. The lowest BCUT2D eigenvalue weighted by Crippen LogP contribution is -2.34. The van der Waals surface area contributed by atoms with E-state index in [0.717, 1.165) is 5.75 Å². The van der Waals surface area contributed by atoms with Gasteiger partial charge in [-0.3, -0.25) is 4.79 Å². The van der Waals surface area contributed by atoms with Gasteiger partial charge in [0.2, 0.25) is 11.7 Å². The molecule has 138 valence electrons. The smallest absolute Gasteiger partial charge is 0.247 e. The Morgan fingerprint density at radius 2 is 1.93 bits per heavy atom. The number of carbonyl (C=O) groups excluding carboxylic acids is 1. The van der Waals surface area contributed by atoms with Gasteiger partial charge >= 0.3 is 0 Å². The maximum absolute atomic E-state index is 14.1. The Bertz CT molecular complexity index is 962. The minimum atomic E-state index is -0.362. The Hall–Kier alpha value is -2.81. The van der Waals surface area contributed by atoms with Crippen molar-refractivity contribution in [2.24, 2.45) is 0 Å². The van der Waals surface area contributed by atoms with Crippen LogP contribution < -0.4 is 0 Å². The molecule has 0 aliphatic carbocycles. The minimum Gasteiger partial charge on any atom is -0.324 e. The van der Waals surface area contributed by atoms with Crippen molar-refractivity contribution >= 4 is 17.7 Å². The number of hydrogen-bond donors (Lipinski definition) is 0. The molecule has 2 heterocycles. The average molecular weight is 387 g/mol. The van der Waals surface area contributed by atoms with E-state index in [9.17, 15) is 13.6 Å². The summed E-state index contributed by atoms with van der Waals surface area (Å²) in [6.07, 6.45) is 0. The first-order chi connectivity index (χ1) is 13.1. The summed E-state index contributed by atoms with van der Waals surface area (Å²) in [5.41, 5.74) is 1.10. The molecule has 1 aliphatic rings. The van der Waals surface area contributed by atoms with Crippen molar-refractivity contribution in [2.75, 3.05) is 12.3 Å². The van der Waals surface area contributed by atoms with E-state index in [2.05, 4.69) is 15.4 Å². The number of hydrogen-bond acceptors (Lipinski definition) is 5. The summed E-state index contributed by atoms with van der Waals surface area (Å²) in [6.45, 7) is 0.432. The third kappa shape index (κ3) is 3.68. The molecule has 6 nitrogen and oxygen atoms in total. The Balaban J connectivity index is 1.49. The van der Waals surface area contributed by atoms with Crippen molar-refractivity contribution in [3.8, 4) is 11.4 Å². The summed E-state index contributed by atoms with van der Waals surface area (Å²) >= 11 is 1.52. The van der Waals surface area contributed by atoms with Gasteiger partial charge in [0.15, 0.2) is 0 Å². The molecule has 1 amide bonds. The Kier molecular flexibility index (Phi) is 4.85.